The molecule has 2 bridgehead atoms. The zero-order chi connectivity index (χ0) is 25.9. The van der Waals surface area contributed by atoms with Gasteiger partial charge in [0.05, 0.1) is 11.9 Å². The third-order valence-electron chi connectivity index (χ3n) is 7.39. The number of aliphatic hydroxyl groups is 1. The Labute approximate surface area is 212 Å². The molecule has 6 rings (SSSR count). The predicted molar refractivity (Wildman–Crippen MR) is 134 cm³/mol. The van der Waals surface area contributed by atoms with Gasteiger partial charge in [0.15, 0.2) is 21.3 Å². The number of hydrogen-bond acceptors (Lipinski definition) is 9. The Kier molecular flexibility index (Phi) is 5.49. The number of carbonyl (C=O) groups is 1. The second kappa shape index (κ2) is 8.63. The number of rotatable bonds is 5. The number of carbonyl (C=O) groups excluding carboxylic acids is 1. The molecule has 0 saturated carbocycles. The van der Waals surface area contributed by atoms with Crippen molar-refractivity contribution in [3.05, 3.63) is 42.6 Å². The summed E-state index contributed by atoms with van der Waals surface area (Å²) < 4.78 is 27.2. The van der Waals surface area contributed by atoms with Gasteiger partial charge in [-0.25, -0.2) is 18.4 Å². The third-order valence-corrected chi connectivity index (χ3v) is 8.55. The number of H-pyrrole nitrogens is 1. The van der Waals surface area contributed by atoms with E-state index in [9.17, 15) is 18.3 Å². The van der Waals surface area contributed by atoms with Crippen LogP contribution in [0.15, 0.2) is 41.8 Å². The molecule has 2 fully saturated rings. The number of piperidine rings is 1. The van der Waals surface area contributed by atoms with Crippen LogP contribution in [0, 0.1) is 0 Å². The number of sulfone groups is 1. The highest BCUT2D eigenvalue weighted by molar-refractivity contribution is 7.91. The summed E-state index contributed by atoms with van der Waals surface area (Å²) in [7, 11) is -3.73. The number of aromatic nitrogens is 6. The summed E-state index contributed by atoms with van der Waals surface area (Å²) >= 11 is 0. The highest BCUT2D eigenvalue weighted by Gasteiger charge is 2.45. The molecular formula is C24H26N8O4S. The number of amides is 1. The number of aliphatic hydroxyl groups excluding tert-OH is 1. The fraction of sp³-hybridized carbons (Fsp3) is 0.375. The van der Waals surface area contributed by atoms with E-state index in [1.54, 1.807) is 29.7 Å². The zero-order valence-electron chi connectivity index (χ0n) is 20.1. The van der Waals surface area contributed by atoms with Gasteiger partial charge in [0, 0.05) is 54.0 Å². The molecule has 2 aliphatic rings. The Balaban J connectivity index is 1.45. The first-order valence-corrected chi connectivity index (χ1v) is 13.9. The molecule has 3 atom stereocenters. The molecule has 6 heterocycles. The van der Waals surface area contributed by atoms with Crippen molar-refractivity contribution in [1.29, 1.82) is 0 Å². The predicted octanol–water partition coefficient (Wildman–Crippen LogP) is 1.40. The van der Waals surface area contributed by atoms with Crippen LogP contribution in [0.4, 0.5) is 5.82 Å². The minimum atomic E-state index is -3.73. The fourth-order valence-electron chi connectivity index (χ4n) is 5.87. The molecule has 0 radical (unpaired) electrons. The van der Waals surface area contributed by atoms with Gasteiger partial charge in [-0.15, -0.1) is 0 Å². The molecule has 192 valence electrons. The molecule has 4 N–H and O–H groups in total. The van der Waals surface area contributed by atoms with Crippen molar-refractivity contribution in [2.45, 2.75) is 48.6 Å². The molecule has 1 unspecified atom stereocenters. The highest BCUT2D eigenvalue weighted by atomic mass is 32.2. The Bertz CT molecular complexity index is 1580. The smallest absolute Gasteiger partial charge is 0.248 e. The van der Waals surface area contributed by atoms with Crippen molar-refractivity contribution in [2.24, 2.45) is 0 Å². The fourth-order valence-corrected chi connectivity index (χ4v) is 6.92. The lowest BCUT2D eigenvalue weighted by Crippen LogP contribution is -2.47. The van der Waals surface area contributed by atoms with Crippen LogP contribution in [-0.2, 0) is 14.6 Å². The monoisotopic (exact) mass is 522 g/mol. The van der Waals surface area contributed by atoms with Crippen LogP contribution >= 0.6 is 0 Å². The minimum Gasteiger partial charge on any atom is -0.387 e. The van der Waals surface area contributed by atoms with E-state index in [1.807, 2.05) is 12.1 Å². The van der Waals surface area contributed by atoms with Crippen molar-refractivity contribution >= 4 is 27.2 Å². The molecule has 2 aliphatic heterocycles. The van der Waals surface area contributed by atoms with E-state index in [4.69, 9.17) is 10.7 Å². The molecule has 4 aromatic rings. The number of nitrogens with two attached hydrogens (primary N) is 1. The van der Waals surface area contributed by atoms with Crippen molar-refractivity contribution in [1.82, 2.24) is 34.4 Å². The van der Waals surface area contributed by atoms with Crippen LogP contribution in [0.25, 0.3) is 28.3 Å². The van der Waals surface area contributed by atoms with Gasteiger partial charge in [-0.3, -0.25) is 9.78 Å². The number of nitrogen functional groups attached to an aromatic ring is 1. The molecule has 12 nitrogen and oxygen atoms in total. The number of hydrogen-bond donors (Lipinski definition) is 3. The molecule has 0 spiro atoms. The van der Waals surface area contributed by atoms with E-state index in [1.165, 1.54) is 4.52 Å². The molecule has 0 aliphatic carbocycles. The van der Waals surface area contributed by atoms with E-state index in [0.29, 0.717) is 41.3 Å². The maximum absolute atomic E-state index is 12.9. The van der Waals surface area contributed by atoms with Crippen molar-refractivity contribution in [3.63, 3.8) is 0 Å². The average molecular weight is 523 g/mol. The topological polar surface area (TPSA) is 172 Å². The Morgan fingerprint density at radius 2 is 1.95 bits per heavy atom. The van der Waals surface area contributed by atoms with E-state index < -0.39 is 16.4 Å². The molecular weight excluding hydrogens is 496 g/mol. The Morgan fingerprint density at radius 3 is 2.54 bits per heavy atom. The second-order valence-electron chi connectivity index (χ2n) is 9.66. The molecule has 0 aromatic carbocycles. The van der Waals surface area contributed by atoms with Crippen LogP contribution in [-0.4, -0.2) is 78.8 Å². The molecule has 1 amide bonds. The van der Waals surface area contributed by atoms with E-state index in [0.717, 1.165) is 24.7 Å². The lowest BCUT2D eigenvalue weighted by Gasteiger charge is -2.39. The Hall–Kier alpha value is -3.84. The van der Waals surface area contributed by atoms with E-state index >= 15 is 0 Å². The summed E-state index contributed by atoms with van der Waals surface area (Å²) in [5.41, 5.74) is 9.37. The summed E-state index contributed by atoms with van der Waals surface area (Å²) in [6.07, 6.45) is 10.5. The minimum absolute atomic E-state index is 0.00938. The number of imidazole rings is 1. The number of nitrogens with one attached hydrogen (secondary N) is 1. The summed E-state index contributed by atoms with van der Waals surface area (Å²) in [5.74, 6) is 0.157. The molecule has 13 heteroatoms. The normalized spacial score (nSPS) is 21.6. The first-order chi connectivity index (χ1) is 17.8. The van der Waals surface area contributed by atoms with Gasteiger partial charge in [-0.1, -0.05) is 6.07 Å². The number of nitrogens with zero attached hydrogens (tertiary/aromatic N) is 6. The molecule has 2 saturated heterocycles. The lowest BCUT2D eigenvalue weighted by atomic mass is 9.87. The first kappa shape index (κ1) is 23.6. The van der Waals surface area contributed by atoms with Crippen LogP contribution < -0.4 is 5.73 Å². The van der Waals surface area contributed by atoms with Crippen LogP contribution in [0.2, 0.25) is 0 Å². The standard InChI is InChI=1S/C24H26N8O4S/c1-37(35,36)21-20(14-8-15-3-4-16(9-14)31(15)19(34)12-33)30-24-17(11-29-32(24)22(21)25)13-2-5-18(28-10-13)23-26-6-7-27-23/h2,5-7,10-11,14-16,33H,3-4,8-9,12,25H2,1H3,(H,26,27)/t14?,15-,16+. The van der Waals surface area contributed by atoms with Crippen molar-refractivity contribution in [3.8, 4) is 22.6 Å². The molecule has 4 aromatic heterocycles. The maximum atomic E-state index is 12.9. The SMILES string of the molecule is CS(=O)(=O)c1c(C2C[C@H]3CC[C@@H](C2)N3C(=O)CO)nc2c(-c3ccc(-c4ncc[nH]4)nc3)cnn2c1N. The van der Waals surface area contributed by atoms with Crippen molar-refractivity contribution in [2.75, 3.05) is 18.6 Å². The third kappa shape index (κ3) is 3.85. The summed E-state index contributed by atoms with van der Waals surface area (Å²) in [5, 5.41) is 13.8. The number of pyridine rings is 1. The summed E-state index contributed by atoms with van der Waals surface area (Å²) in [6.45, 7) is -0.532. The second-order valence-corrected chi connectivity index (χ2v) is 11.6. The maximum Gasteiger partial charge on any atom is 0.248 e. The van der Waals surface area contributed by atoms with Gasteiger partial charge in [-0.2, -0.15) is 9.61 Å². The number of fused-ring (bicyclic) bond motifs is 3. The quantitative estimate of drug-likeness (QED) is 0.350. The van der Waals surface area contributed by atoms with Gasteiger partial charge in [-0.05, 0) is 31.7 Å². The summed E-state index contributed by atoms with van der Waals surface area (Å²) in [4.78, 5) is 30.6. The largest absolute Gasteiger partial charge is 0.387 e. The molecule has 37 heavy (non-hydrogen) atoms. The van der Waals surface area contributed by atoms with E-state index in [-0.39, 0.29) is 34.6 Å². The lowest BCUT2D eigenvalue weighted by molar-refractivity contribution is -0.138. The number of aromatic amines is 1. The average Bonchev–Trinajstić information content (AvgIpc) is 3.61. The van der Waals surface area contributed by atoms with Gasteiger partial charge in [0.2, 0.25) is 5.91 Å². The van der Waals surface area contributed by atoms with Crippen molar-refractivity contribution < 1.29 is 18.3 Å². The van der Waals surface area contributed by atoms with Gasteiger partial charge in [0.25, 0.3) is 0 Å². The first-order valence-electron chi connectivity index (χ1n) is 12.0. The van der Waals surface area contributed by atoms with Gasteiger partial charge >= 0.3 is 0 Å². The van der Waals surface area contributed by atoms with Crippen LogP contribution in [0.1, 0.15) is 37.3 Å². The summed E-state index contributed by atoms with van der Waals surface area (Å²) in [6, 6.07) is 3.57. The van der Waals surface area contributed by atoms with Gasteiger partial charge < -0.3 is 20.7 Å². The highest BCUT2D eigenvalue weighted by Crippen LogP contribution is 2.45. The van der Waals surface area contributed by atoms with Crippen LogP contribution in [0.3, 0.4) is 0 Å². The van der Waals surface area contributed by atoms with Gasteiger partial charge in [0.1, 0.15) is 23.0 Å². The van der Waals surface area contributed by atoms with Crippen LogP contribution in [0.5, 0.6) is 0 Å². The zero-order valence-corrected chi connectivity index (χ0v) is 20.9. The Morgan fingerprint density at radius 1 is 1.19 bits per heavy atom. The number of anilines is 1. The van der Waals surface area contributed by atoms with E-state index in [2.05, 4.69) is 20.1 Å².